The molecule has 3 aromatic rings. The number of carbonyl (C=O) groups is 1. The van der Waals surface area contributed by atoms with Crippen molar-refractivity contribution in [2.24, 2.45) is 5.92 Å². The van der Waals surface area contributed by atoms with Gasteiger partial charge in [0.25, 0.3) is 11.8 Å². The molecule has 8 nitrogen and oxygen atoms in total. The predicted molar refractivity (Wildman–Crippen MR) is 129 cm³/mol. The first-order valence-corrected chi connectivity index (χ1v) is 11.8. The largest absolute Gasteiger partial charge is 0.501 e. The summed E-state index contributed by atoms with van der Waals surface area (Å²) in [5.74, 6) is -1.32. The topological polar surface area (TPSA) is 120 Å². The monoisotopic (exact) mass is 461 g/mol. The maximum Gasteiger partial charge on any atom is 0.274 e. The summed E-state index contributed by atoms with van der Waals surface area (Å²) in [6, 6.07) is 13.7. The molecule has 1 aliphatic carbocycles. The van der Waals surface area contributed by atoms with E-state index in [1.54, 1.807) is 12.3 Å². The molecule has 1 aromatic carbocycles. The summed E-state index contributed by atoms with van der Waals surface area (Å²) < 4.78 is 0. The van der Waals surface area contributed by atoms with Crippen LogP contribution in [0.1, 0.15) is 60.6 Å². The molecule has 0 spiro atoms. The highest BCUT2D eigenvalue weighted by Gasteiger charge is 2.26. The van der Waals surface area contributed by atoms with Gasteiger partial charge in [-0.2, -0.15) is 4.98 Å². The highest BCUT2D eigenvalue weighted by molar-refractivity contribution is 5.96. The Bertz CT molecular complexity index is 1100. The van der Waals surface area contributed by atoms with Crippen LogP contribution in [0, 0.1) is 5.92 Å². The number of carbonyl (C=O) groups excluding carboxylic acids is 1. The van der Waals surface area contributed by atoms with Crippen LogP contribution in [0.5, 0.6) is 11.6 Å². The highest BCUT2D eigenvalue weighted by Crippen LogP contribution is 2.30. The van der Waals surface area contributed by atoms with Crippen molar-refractivity contribution in [3.63, 3.8) is 0 Å². The van der Waals surface area contributed by atoms with E-state index in [1.165, 1.54) is 12.0 Å². The molecule has 0 aliphatic heterocycles. The van der Waals surface area contributed by atoms with Crippen LogP contribution in [0.4, 0.5) is 0 Å². The zero-order valence-electron chi connectivity index (χ0n) is 19.4. The standard InChI is InChI=1S/C26H31N5O3/c1-17(20-10-6-3-7-11-20)29-25(33)22-23(32)26(34)31-24(30-22)21-13-12-19(16-28-21)15-27-14-18-8-4-2-5-9-18/h2,4-5,8-9,12-13,16-17,20,27,32H,3,6-7,10-11,14-15H2,1H3,(H,29,33)(H,30,31,34)/t17-/m1/s1. The number of aromatic nitrogens is 3. The second-order valence-corrected chi connectivity index (χ2v) is 8.87. The fraction of sp³-hybridized carbons (Fsp3) is 0.385. The van der Waals surface area contributed by atoms with Crippen LogP contribution < -0.4 is 10.6 Å². The van der Waals surface area contributed by atoms with Crippen LogP contribution in [-0.2, 0) is 13.1 Å². The summed E-state index contributed by atoms with van der Waals surface area (Å²) in [7, 11) is 0. The summed E-state index contributed by atoms with van der Waals surface area (Å²) in [5, 5.41) is 26.7. The number of rotatable bonds is 8. The van der Waals surface area contributed by atoms with Gasteiger partial charge in [-0.25, -0.2) is 4.98 Å². The van der Waals surface area contributed by atoms with E-state index >= 15 is 0 Å². The van der Waals surface area contributed by atoms with Crippen molar-refractivity contribution in [1.82, 2.24) is 25.6 Å². The van der Waals surface area contributed by atoms with Gasteiger partial charge in [0.1, 0.15) is 5.69 Å². The van der Waals surface area contributed by atoms with Crippen molar-refractivity contribution in [2.45, 2.75) is 58.2 Å². The van der Waals surface area contributed by atoms with E-state index in [9.17, 15) is 15.0 Å². The molecule has 178 valence electrons. The minimum absolute atomic E-state index is 0.0476. The zero-order valence-corrected chi connectivity index (χ0v) is 19.4. The number of hydrogen-bond acceptors (Lipinski definition) is 7. The Hall–Kier alpha value is -3.52. The zero-order chi connectivity index (χ0) is 23.9. The Morgan fingerprint density at radius 2 is 1.74 bits per heavy atom. The average molecular weight is 462 g/mol. The van der Waals surface area contributed by atoms with E-state index in [0.717, 1.165) is 37.8 Å². The normalized spacial score (nSPS) is 15.1. The lowest BCUT2D eigenvalue weighted by Gasteiger charge is -2.28. The molecule has 4 N–H and O–H groups in total. The van der Waals surface area contributed by atoms with Gasteiger partial charge < -0.3 is 20.8 Å². The number of nitrogens with zero attached hydrogens (tertiary/aromatic N) is 3. The van der Waals surface area contributed by atoms with Crippen molar-refractivity contribution >= 4 is 5.91 Å². The molecule has 1 fully saturated rings. The van der Waals surface area contributed by atoms with E-state index in [-0.39, 0.29) is 17.6 Å². The van der Waals surface area contributed by atoms with Crippen molar-refractivity contribution in [1.29, 1.82) is 0 Å². The third kappa shape index (κ3) is 5.88. The van der Waals surface area contributed by atoms with Crippen LogP contribution >= 0.6 is 0 Å². The first-order valence-electron chi connectivity index (χ1n) is 11.8. The minimum Gasteiger partial charge on any atom is -0.501 e. The Morgan fingerprint density at radius 3 is 2.44 bits per heavy atom. The van der Waals surface area contributed by atoms with Crippen LogP contribution in [0.15, 0.2) is 48.7 Å². The molecule has 2 aromatic heterocycles. The summed E-state index contributed by atoms with van der Waals surface area (Å²) in [5.41, 5.74) is 2.32. The quantitative estimate of drug-likeness (QED) is 0.401. The minimum atomic E-state index is -0.643. The maximum atomic E-state index is 12.8. The Kier molecular flexibility index (Phi) is 7.69. The molecule has 34 heavy (non-hydrogen) atoms. The molecule has 4 rings (SSSR count). The van der Waals surface area contributed by atoms with Gasteiger partial charge in [0, 0.05) is 25.3 Å². The Morgan fingerprint density at radius 1 is 1.00 bits per heavy atom. The number of aromatic hydroxyl groups is 2. The van der Waals surface area contributed by atoms with E-state index in [4.69, 9.17) is 0 Å². The molecular formula is C26H31N5O3. The average Bonchev–Trinajstić information content (AvgIpc) is 2.87. The van der Waals surface area contributed by atoms with E-state index < -0.39 is 17.5 Å². The molecule has 0 unspecified atom stereocenters. The fourth-order valence-electron chi connectivity index (χ4n) is 4.35. The van der Waals surface area contributed by atoms with E-state index in [0.29, 0.717) is 18.2 Å². The van der Waals surface area contributed by atoms with Gasteiger partial charge in [0.15, 0.2) is 11.5 Å². The predicted octanol–water partition coefficient (Wildman–Crippen LogP) is 3.94. The van der Waals surface area contributed by atoms with E-state index in [1.807, 2.05) is 31.2 Å². The van der Waals surface area contributed by atoms with Gasteiger partial charge in [-0.05, 0) is 42.9 Å². The third-order valence-electron chi connectivity index (χ3n) is 6.35. The van der Waals surface area contributed by atoms with Crippen molar-refractivity contribution in [3.8, 4) is 23.1 Å². The van der Waals surface area contributed by atoms with Gasteiger partial charge in [0.05, 0.1) is 0 Å². The number of hydrogen-bond donors (Lipinski definition) is 4. The molecule has 8 heteroatoms. The number of nitrogens with one attached hydrogen (secondary N) is 2. The van der Waals surface area contributed by atoms with E-state index in [2.05, 4.69) is 37.7 Å². The maximum absolute atomic E-state index is 12.8. The lowest BCUT2D eigenvalue weighted by molar-refractivity contribution is 0.0910. The van der Waals surface area contributed by atoms with Gasteiger partial charge in [-0.1, -0.05) is 55.7 Å². The van der Waals surface area contributed by atoms with Crippen molar-refractivity contribution < 1.29 is 15.0 Å². The summed E-state index contributed by atoms with van der Waals surface area (Å²) in [6.45, 7) is 3.35. The van der Waals surface area contributed by atoms with Crippen LogP contribution in [0.25, 0.3) is 11.5 Å². The van der Waals surface area contributed by atoms with Crippen LogP contribution in [-0.4, -0.2) is 37.1 Å². The molecule has 0 saturated heterocycles. The molecule has 1 saturated carbocycles. The molecule has 1 aliphatic rings. The van der Waals surface area contributed by atoms with Crippen LogP contribution in [0.3, 0.4) is 0 Å². The molecule has 2 heterocycles. The van der Waals surface area contributed by atoms with Gasteiger partial charge in [-0.3, -0.25) is 9.78 Å². The lowest BCUT2D eigenvalue weighted by Crippen LogP contribution is -2.39. The summed E-state index contributed by atoms with van der Waals surface area (Å²) >= 11 is 0. The summed E-state index contributed by atoms with van der Waals surface area (Å²) in [6.07, 6.45) is 7.41. The smallest absolute Gasteiger partial charge is 0.274 e. The fourth-order valence-corrected chi connectivity index (χ4v) is 4.35. The summed E-state index contributed by atoms with van der Waals surface area (Å²) in [4.78, 5) is 25.4. The molecule has 0 radical (unpaired) electrons. The molecule has 1 amide bonds. The number of pyridine rings is 1. The second-order valence-electron chi connectivity index (χ2n) is 8.87. The lowest BCUT2D eigenvalue weighted by atomic mass is 9.84. The number of benzene rings is 1. The Labute approximate surface area is 199 Å². The molecule has 0 bridgehead atoms. The van der Waals surface area contributed by atoms with Gasteiger partial charge >= 0.3 is 0 Å². The first kappa shape index (κ1) is 23.6. The first-order chi connectivity index (χ1) is 16.5. The number of amides is 1. The molecular weight excluding hydrogens is 430 g/mol. The SMILES string of the molecule is C[C@@H](NC(=O)c1nc(-c2ccc(CNCc3ccccc3)cn2)nc(O)c1O)C1CCCCC1. The van der Waals surface area contributed by atoms with Crippen molar-refractivity contribution in [2.75, 3.05) is 0 Å². The van der Waals surface area contributed by atoms with Crippen LogP contribution in [0.2, 0.25) is 0 Å². The third-order valence-corrected chi connectivity index (χ3v) is 6.35. The Balaban J connectivity index is 1.43. The highest BCUT2D eigenvalue weighted by atomic mass is 16.3. The van der Waals surface area contributed by atoms with Gasteiger partial charge in [-0.15, -0.1) is 0 Å². The molecule has 1 atom stereocenters. The van der Waals surface area contributed by atoms with Gasteiger partial charge in [0.2, 0.25) is 5.75 Å². The second kappa shape index (κ2) is 11.1. The van der Waals surface area contributed by atoms with Crippen molar-refractivity contribution in [3.05, 3.63) is 65.5 Å².